The number of nitrogens with one attached hydrogen (secondary N) is 2. The molecule has 3 atom stereocenters. The Labute approximate surface area is 149 Å². The number of anilines is 2. The van der Waals surface area contributed by atoms with Crippen LogP contribution in [-0.4, -0.2) is 48.1 Å². The number of pyridine rings is 1. The van der Waals surface area contributed by atoms with Crippen LogP contribution in [0.25, 0.3) is 0 Å². The summed E-state index contributed by atoms with van der Waals surface area (Å²) in [5.74, 6) is 0.390. The van der Waals surface area contributed by atoms with Crippen LogP contribution >= 0.6 is 0 Å². The predicted octanol–water partition coefficient (Wildman–Crippen LogP) is 1.79. The van der Waals surface area contributed by atoms with Gasteiger partial charge >= 0.3 is 0 Å². The van der Waals surface area contributed by atoms with Gasteiger partial charge < -0.3 is 20.3 Å². The van der Waals surface area contributed by atoms with Gasteiger partial charge in [-0.3, -0.25) is 9.59 Å². The summed E-state index contributed by atoms with van der Waals surface area (Å²) in [4.78, 5) is 30.3. The number of morpholine rings is 1. The minimum Gasteiger partial charge on any atom is -0.372 e. The fraction of sp³-hybridized carbons (Fsp3) is 0.611. The second kappa shape index (κ2) is 8.29. The van der Waals surface area contributed by atoms with E-state index in [0.29, 0.717) is 5.69 Å². The third-order valence-electron chi connectivity index (χ3n) is 4.07. The highest BCUT2D eigenvalue weighted by molar-refractivity contribution is 5.97. The SMILES string of the molecule is CC(=O)N[C@H](C(=O)Nc1ccc(N2C[C@@H](C)O[C@@H](C)C2)nc1)C(C)C. The second-order valence-electron chi connectivity index (χ2n) is 6.98. The Morgan fingerprint density at radius 1 is 1.24 bits per heavy atom. The first kappa shape index (κ1) is 19.2. The summed E-state index contributed by atoms with van der Waals surface area (Å²) in [5, 5.41) is 5.50. The highest BCUT2D eigenvalue weighted by Crippen LogP contribution is 2.20. The molecular formula is C18H28N4O3. The third-order valence-corrected chi connectivity index (χ3v) is 4.07. The van der Waals surface area contributed by atoms with Gasteiger partial charge in [-0.25, -0.2) is 4.98 Å². The monoisotopic (exact) mass is 348 g/mol. The third kappa shape index (κ3) is 5.42. The van der Waals surface area contributed by atoms with Gasteiger partial charge in [0.05, 0.1) is 24.1 Å². The molecule has 7 heteroatoms. The van der Waals surface area contributed by atoms with Gasteiger partial charge in [0, 0.05) is 20.0 Å². The Morgan fingerprint density at radius 3 is 2.36 bits per heavy atom. The van der Waals surface area contributed by atoms with Crippen LogP contribution in [0.5, 0.6) is 0 Å². The molecule has 25 heavy (non-hydrogen) atoms. The smallest absolute Gasteiger partial charge is 0.247 e. The molecule has 0 spiro atoms. The number of ether oxygens (including phenoxy) is 1. The van der Waals surface area contributed by atoms with Crippen LogP contribution < -0.4 is 15.5 Å². The Hall–Kier alpha value is -2.15. The van der Waals surface area contributed by atoms with Crippen molar-refractivity contribution in [3.05, 3.63) is 18.3 Å². The summed E-state index contributed by atoms with van der Waals surface area (Å²) in [7, 11) is 0. The average molecular weight is 348 g/mol. The summed E-state index contributed by atoms with van der Waals surface area (Å²) in [6.07, 6.45) is 1.96. The molecule has 0 aliphatic carbocycles. The molecule has 0 bridgehead atoms. The summed E-state index contributed by atoms with van der Waals surface area (Å²) in [6.45, 7) is 10.9. The van der Waals surface area contributed by atoms with Crippen LogP contribution in [0.4, 0.5) is 11.5 Å². The maximum absolute atomic E-state index is 12.4. The Morgan fingerprint density at radius 2 is 1.88 bits per heavy atom. The molecule has 1 aliphatic rings. The number of hydrogen-bond acceptors (Lipinski definition) is 5. The molecule has 0 aromatic carbocycles. The van der Waals surface area contributed by atoms with Crippen LogP contribution in [0.3, 0.4) is 0 Å². The lowest BCUT2D eigenvalue weighted by Gasteiger charge is -2.36. The first-order valence-electron chi connectivity index (χ1n) is 8.70. The van der Waals surface area contributed by atoms with E-state index >= 15 is 0 Å². The van der Waals surface area contributed by atoms with E-state index in [4.69, 9.17) is 4.74 Å². The molecule has 2 amide bonds. The van der Waals surface area contributed by atoms with Gasteiger partial charge in [0.15, 0.2) is 0 Å². The number of nitrogens with zero attached hydrogens (tertiary/aromatic N) is 2. The van der Waals surface area contributed by atoms with Crippen molar-refractivity contribution in [1.82, 2.24) is 10.3 Å². The molecule has 2 heterocycles. The molecule has 2 rings (SSSR count). The van der Waals surface area contributed by atoms with E-state index < -0.39 is 6.04 Å². The van der Waals surface area contributed by atoms with E-state index in [1.165, 1.54) is 6.92 Å². The molecule has 1 aliphatic heterocycles. The van der Waals surface area contributed by atoms with Gasteiger partial charge in [0.1, 0.15) is 11.9 Å². The summed E-state index contributed by atoms with van der Waals surface area (Å²) in [6, 6.07) is 3.15. The van der Waals surface area contributed by atoms with Crippen LogP contribution in [0.15, 0.2) is 18.3 Å². The largest absolute Gasteiger partial charge is 0.372 e. The minimum absolute atomic E-state index is 0.00698. The fourth-order valence-corrected chi connectivity index (χ4v) is 2.99. The van der Waals surface area contributed by atoms with Crippen molar-refractivity contribution in [2.24, 2.45) is 5.92 Å². The lowest BCUT2D eigenvalue weighted by molar-refractivity contribution is -0.126. The molecule has 1 fully saturated rings. The maximum atomic E-state index is 12.4. The lowest BCUT2D eigenvalue weighted by atomic mass is 10.0. The van der Waals surface area contributed by atoms with Gasteiger partial charge in [-0.05, 0) is 31.9 Å². The first-order valence-corrected chi connectivity index (χ1v) is 8.70. The number of aromatic nitrogens is 1. The summed E-state index contributed by atoms with van der Waals surface area (Å²) >= 11 is 0. The van der Waals surface area contributed by atoms with Gasteiger partial charge in [-0.1, -0.05) is 13.8 Å². The van der Waals surface area contributed by atoms with Gasteiger partial charge in [-0.2, -0.15) is 0 Å². The highest BCUT2D eigenvalue weighted by Gasteiger charge is 2.24. The molecule has 0 unspecified atom stereocenters. The molecule has 7 nitrogen and oxygen atoms in total. The van der Waals surface area contributed by atoms with E-state index in [9.17, 15) is 9.59 Å². The van der Waals surface area contributed by atoms with Gasteiger partial charge in [0.25, 0.3) is 0 Å². The van der Waals surface area contributed by atoms with Crippen molar-refractivity contribution < 1.29 is 14.3 Å². The predicted molar refractivity (Wildman–Crippen MR) is 97.5 cm³/mol. The van der Waals surface area contributed by atoms with Gasteiger partial charge in [0.2, 0.25) is 11.8 Å². The van der Waals surface area contributed by atoms with E-state index in [-0.39, 0.29) is 29.9 Å². The van der Waals surface area contributed by atoms with Crippen molar-refractivity contribution in [1.29, 1.82) is 0 Å². The van der Waals surface area contributed by atoms with Crippen LogP contribution in [0.1, 0.15) is 34.6 Å². The molecule has 2 N–H and O–H groups in total. The second-order valence-corrected chi connectivity index (χ2v) is 6.98. The lowest BCUT2D eigenvalue weighted by Crippen LogP contribution is -2.46. The van der Waals surface area contributed by atoms with Gasteiger partial charge in [-0.15, -0.1) is 0 Å². The van der Waals surface area contributed by atoms with Crippen LogP contribution in [0, 0.1) is 5.92 Å². The zero-order valence-corrected chi connectivity index (χ0v) is 15.6. The average Bonchev–Trinajstić information content (AvgIpc) is 2.51. The summed E-state index contributed by atoms with van der Waals surface area (Å²) in [5.41, 5.74) is 0.610. The van der Waals surface area contributed by atoms with E-state index in [1.807, 2.05) is 39.8 Å². The molecule has 0 saturated carbocycles. The number of amides is 2. The van der Waals surface area contributed by atoms with Crippen LogP contribution in [-0.2, 0) is 14.3 Å². The molecular weight excluding hydrogens is 320 g/mol. The van der Waals surface area contributed by atoms with Crippen molar-refractivity contribution >= 4 is 23.3 Å². The quantitative estimate of drug-likeness (QED) is 0.848. The first-order chi connectivity index (χ1) is 11.8. The van der Waals surface area contributed by atoms with E-state index in [0.717, 1.165) is 18.9 Å². The van der Waals surface area contributed by atoms with Crippen LogP contribution in [0.2, 0.25) is 0 Å². The normalized spacial score (nSPS) is 21.8. The molecule has 0 radical (unpaired) electrons. The topological polar surface area (TPSA) is 83.6 Å². The Bertz CT molecular complexity index is 593. The number of hydrogen-bond donors (Lipinski definition) is 2. The van der Waals surface area contributed by atoms with Crippen molar-refractivity contribution in [2.45, 2.75) is 52.9 Å². The Kier molecular flexibility index (Phi) is 6.36. The van der Waals surface area contributed by atoms with Crippen molar-refractivity contribution in [3.8, 4) is 0 Å². The maximum Gasteiger partial charge on any atom is 0.247 e. The minimum atomic E-state index is -0.571. The zero-order valence-electron chi connectivity index (χ0n) is 15.6. The number of carbonyl (C=O) groups is 2. The van der Waals surface area contributed by atoms with Crippen molar-refractivity contribution in [3.63, 3.8) is 0 Å². The van der Waals surface area contributed by atoms with Crippen molar-refractivity contribution in [2.75, 3.05) is 23.3 Å². The standard InChI is InChI=1S/C18H28N4O3/c1-11(2)17(20-14(5)23)18(24)21-15-6-7-16(19-8-15)22-9-12(3)25-13(4)10-22/h6-8,11-13,17H,9-10H2,1-5H3,(H,20,23)(H,21,24)/t12-,13+,17-/m0/s1. The summed E-state index contributed by atoms with van der Waals surface area (Å²) < 4.78 is 5.73. The number of rotatable bonds is 5. The fourth-order valence-electron chi connectivity index (χ4n) is 2.99. The molecule has 1 aromatic heterocycles. The highest BCUT2D eigenvalue weighted by atomic mass is 16.5. The Balaban J connectivity index is 2.02. The van der Waals surface area contributed by atoms with E-state index in [1.54, 1.807) is 6.20 Å². The molecule has 1 saturated heterocycles. The molecule has 1 aromatic rings. The number of carbonyl (C=O) groups excluding carboxylic acids is 2. The zero-order chi connectivity index (χ0) is 18.6. The molecule has 138 valence electrons. The van der Waals surface area contributed by atoms with E-state index in [2.05, 4.69) is 20.5 Å².